The maximum absolute atomic E-state index is 4.96. The first kappa shape index (κ1) is 11.1. The van der Waals surface area contributed by atoms with Crippen molar-refractivity contribution < 1.29 is 4.74 Å². The molecule has 0 saturated heterocycles. The molecule has 0 bridgehead atoms. The van der Waals surface area contributed by atoms with E-state index >= 15 is 0 Å². The Balaban J connectivity index is 0.000000461. The highest BCUT2D eigenvalue weighted by Crippen LogP contribution is 2.37. The van der Waals surface area contributed by atoms with E-state index in [4.69, 9.17) is 4.74 Å². The van der Waals surface area contributed by atoms with Gasteiger partial charge in [0.05, 0.1) is 6.61 Å². The summed E-state index contributed by atoms with van der Waals surface area (Å²) in [7, 11) is 1.68. The molecule has 0 N–H and O–H groups in total. The van der Waals surface area contributed by atoms with Gasteiger partial charge in [-0.05, 0) is 12.8 Å². The van der Waals surface area contributed by atoms with Crippen LogP contribution in [-0.4, -0.2) is 17.1 Å². The minimum atomic E-state index is 0.602. The summed E-state index contributed by atoms with van der Waals surface area (Å²) < 4.78 is 4.96. The molecule has 1 heterocycles. The molecule has 0 aliphatic heterocycles. The number of hydrogen-bond donors (Lipinski definition) is 0. The van der Waals surface area contributed by atoms with E-state index in [0.29, 0.717) is 12.5 Å². The molecular weight excluding hydrogens is 176 g/mol. The minimum absolute atomic E-state index is 0.602. The maximum atomic E-state index is 4.96. The second-order valence-electron chi connectivity index (χ2n) is 3.16. The Kier molecular flexibility index (Phi) is 4.53. The molecule has 0 atom stereocenters. The van der Waals surface area contributed by atoms with E-state index in [1.165, 1.54) is 12.8 Å². The number of hydrogen-bond acceptors (Lipinski definition) is 3. The molecule has 1 aliphatic carbocycles. The standard InChI is InChI=1S/C9H12N2O.C2H6/c1-12-6-7-4-10-9(11-5-7)8-2-3-8;1-2/h4-5,8H,2-3,6H2,1H3;1-2H3. The van der Waals surface area contributed by atoms with Gasteiger partial charge in [0.2, 0.25) is 0 Å². The number of aromatic nitrogens is 2. The summed E-state index contributed by atoms with van der Waals surface area (Å²) in [5.74, 6) is 1.64. The van der Waals surface area contributed by atoms with Crippen LogP contribution < -0.4 is 0 Å². The van der Waals surface area contributed by atoms with Crippen molar-refractivity contribution in [2.75, 3.05) is 7.11 Å². The Morgan fingerprint density at radius 3 is 2.29 bits per heavy atom. The van der Waals surface area contributed by atoms with E-state index in [2.05, 4.69) is 9.97 Å². The first-order chi connectivity index (χ1) is 6.90. The highest BCUT2D eigenvalue weighted by atomic mass is 16.5. The summed E-state index contributed by atoms with van der Waals surface area (Å²) in [6, 6.07) is 0. The Bertz CT molecular complexity index is 254. The number of ether oxygens (including phenoxy) is 1. The summed E-state index contributed by atoms with van der Waals surface area (Å²) >= 11 is 0. The van der Waals surface area contributed by atoms with Crippen LogP contribution in [0.15, 0.2) is 12.4 Å². The number of rotatable bonds is 3. The number of methoxy groups -OCH3 is 1. The lowest BCUT2D eigenvalue weighted by molar-refractivity contribution is 0.184. The third kappa shape index (κ3) is 3.07. The van der Waals surface area contributed by atoms with E-state index in [0.717, 1.165) is 11.4 Å². The average molecular weight is 194 g/mol. The van der Waals surface area contributed by atoms with Crippen LogP contribution in [0.5, 0.6) is 0 Å². The lowest BCUT2D eigenvalue weighted by Crippen LogP contribution is -1.95. The second-order valence-corrected chi connectivity index (χ2v) is 3.16. The molecule has 0 amide bonds. The van der Waals surface area contributed by atoms with Gasteiger partial charge in [-0.1, -0.05) is 13.8 Å². The van der Waals surface area contributed by atoms with Gasteiger partial charge < -0.3 is 4.74 Å². The molecule has 3 nitrogen and oxygen atoms in total. The Morgan fingerprint density at radius 1 is 1.29 bits per heavy atom. The van der Waals surface area contributed by atoms with Crippen LogP contribution in [0, 0.1) is 0 Å². The van der Waals surface area contributed by atoms with Crippen LogP contribution in [-0.2, 0) is 11.3 Å². The maximum Gasteiger partial charge on any atom is 0.131 e. The monoisotopic (exact) mass is 194 g/mol. The van der Waals surface area contributed by atoms with Crippen LogP contribution >= 0.6 is 0 Å². The van der Waals surface area contributed by atoms with Gasteiger partial charge in [0.25, 0.3) is 0 Å². The van der Waals surface area contributed by atoms with Crippen LogP contribution in [0.25, 0.3) is 0 Å². The lowest BCUT2D eigenvalue weighted by Gasteiger charge is -1.99. The van der Waals surface area contributed by atoms with Gasteiger partial charge in [-0.3, -0.25) is 0 Å². The molecule has 1 aliphatic rings. The zero-order valence-corrected chi connectivity index (χ0v) is 9.16. The van der Waals surface area contributed by atoms with Crippen molar-refractivity contribution >= 4 is 0 Å². The molecule has 0 unspecified atom stereocenters. The van der Waals surface area contributed by atoms with Gasteiger partial charge in [-0.2, -0.15) is 0 Å². The van der Waals surface area contributed by atoms with Gasteiger partial charge in [-0.15, -0.1) is 0 Å². The fourth-order valence-electron chi connectivity index (χ4n) is 1.16. The van der Waals surface area contributed by atoms with Crippen molar-refractivity contribution in [2.24, 2.45) is 0 Å². The van der Waals surface area contributed by atoms with Crippen molar-refractivity contribution in [1.29, 1.82) is 0 Å². The predicted molar refractivity (Wildman–Crippen MR) is 56.1 cm³/mol. The zero-order valence-electron chi connectivity index (χ0n) is 9.16. The van der Waals surface area contributed by atoms with Crippen molar-refractivity contribution in [3.8, 4) is 0 Å². The van der Waals surface area contributed by atoms with Gasteiger partial charge in [0.15, 0.2) is 0 Å². The molecule has 0 aromatic carbocycles. The van der Waals surface area contributed by atoms with Crippen LogP contribution in [0.4, 0.5) is 0 Å². The van der Waals surface area contributed by atoms with E-state index < -0.39 is 0 Å². The largest absolute Gasteiger partial charge is 0.380 e. The topological polar surface area (TPSA) is 35.0 Å². The lowest BCUT2D eigenvalue weighted by atomic mass is 10.3. The quantitative estimate of drug-likeness (QED) is 0.741. The summed E-state index contributed by atoms with van der Waals surface area (Å²) in [4.78, 5) is 8.54. The molecule has 2 rings (SSSR count). The molecule has 1 aromatic heterocycles. The van der Waals surface area contributed by atoms with Gasteiger partial charge in [0, 0.05) is 31.0 Å². The smallest absolute Gasteiger partial charge is 0.131 e. The van der Waals surface area contributed by atoms with Crippen LogP contribution in [0.3, 0.4) is 0 Å². The molecule has 0 spiro atoms. The van der Waals surface area contributed by atoms with Crippen molar-refractivity contribution in [2.45, 2.75) is 39.2 Å². The van der Waals surface area contributed by atoms with Gasteiger partial charge >= 0.3 is 0 Å². The van der Waals surface area contributed by atoms with Crippen LogP contribution in [0.1, 0.15) is 44.0 Å². The first-order valence-electron chi connectivity index (χ1n) is 5.20. The highest BCUT2D eigenvalue weighted by Gasteiger charge is 2.25. The van der Waals surface area contributed by atoms with E-state index in [1.54, 1.807) is 7.11 Å². The average Bonchev–Trinajstić information content (AvgIpc) is 3.06. The van der Waals surface area contributed by atoms with E-state index in [-0.39, 0.29) is 0 Å². The third-order valence-corrected chi connectivity index (χ3v) is 1.98. The van der Waals surface area contributed by atoms with Crippen LogP contribution in [0.2, 0.25) is 0 Å². The first-order valence-corrected chi connectivity index (χ1v) is 5.20. The van der Waals surface area contributed by atoms with Crippen molar-refractivity contribution in [3.63, 3.8) is 0 Å². The van der Waals surface area contributed by atoms with Crippen molar-refractivity contribution in [1.82, 2.24) is 9.97 Å². The summed E-state index contributed by atoms with van der Waals surface area (Å²) in [5.41, 5.74) is 1.04. The molecule has 1 aromatic rings. The second kappa shape index (κ2) is 5.70. The number of nitrogens with zero attached hydrogens (tertiary/aromatic N) is 2. The summed E-state index contributed by atoms with van der Waals surface area (Å²) in [6.45, 7) is 4.60. The van der Waals surface area contributed by atoms with Gasteiger partial charge in [-0.25, -0.2) is 9.97 Å². The summed E-state index contributed by atoms with van der Waals surface area (Å²) in [6.07, 6.45) is 6.21. The molecular formula is C11H18N2O. The molecule has 14 heavy (non-hydrogen) atoms. The molecule has 1 saturated carbocycles. The Labute approximate surface area is 85.5 Å². The molecule has 78 valence electrons. The zero-order chi connectivity index (χ0) is 10.4. The minimum Gasteiger partial charge on any atom is -0.380 e. The van der Waals surface area contributed by atoms with E-state index in [9.17, 15) is 0 Å². The van der Waals surface area contributed by atoms with Crippen molar-refractivity contribution in [3.05, 3.63) is 23.8 Å². The predicted octanol–water partition coefficient (Wildman–Crippen LogP) is 2.53. The Hall–Kier alpha value is -0.960. The highest BCUT2D eigenvalue weighted by molar-refractivity contribution is 5.09. The summed E-state index contributed by atoms with van der Waals surface area (Å²) in [5, 5.41) is 0. The van der Waals surface area contributed by atoms with Gasteiger partial charge in [0.1, 0.15) is 5.82 Å². The molecule has 1 fully saturated rings. The molecule has 3 heteroatoms. The normalized spacial score (nSPS) is 14.5. The fraction of sp³-hybridized carbons (Fsp3) is 0.636. The third-order valence-electron chi connectivity index (χ3n) is 1.98. The molecule has 0 radical (unpaired) electrons. The van der Waals surface area contributed by atoms with E-state index in [1.807, 2.05) is 26.2 Å². The SMILES string of the molecule is CC.COCc1cnc(C2CC2)nc1. The Morgan fingerprint density at radius 2 is 1.86 bits per heavy atom. The fourth-order valence-corrected chi connectivity index (χ4v) is 1.16.